The number of hydrogen-bond acceptors (Lipinski definition) is 4. The Labute approximate surface area is 114 Å². The molecular weight excluding hydrogens is 258 g/mol. The molecule has 0 bridgehead atoms. The highest BCUT2D eigenvalue weighted by Gasteiger charge is 2.17. The Kier molecular flexibility index (Phi) is 3.05. The minimum Gasteiger partial charge on any atom is -0.298 e. The van der Waals surface area contributed by atoms with Crippen molar-refractivity contribution in [3.05, 3.63) is 48.3 Å². The van der Waals surface area contributed by atoms with Crippen LogP contribution < -0.4 is 0 Å². The van der Waals surface area contributed by atoms with E-state index in [4.69, 9.17) is 0 Å². The minimum absolute atomic E-state index is 0.580. The Bertz CT molecular complexity index is 737. The average molecular weight is 269 g/mol. The molecular formula is C14H11N3OS. The lowest BCUT2D eigenvalue weighted by Gasteiger charge is -2.06. The van der Waals surface area contributed by atoms with Gasteiger partial charge in [0.2, 0.25) is 5.95 Å². The summed E-state index contributed by atoms with van der Waals surface area (Å²) in [5.74, 6) is 0.580. The number of aldehydes is 1. The molecule has 0 unspecified atom stereocenters. The number of nitrogens with zero attached hydrogens (tertiary/aromatic N) is 3. The van der Waals surface area contributed by atoms with Gasteiger partial charge in [0.05, 0.1) is 16.1 Å². The van der Waals surface area contributed by atoms with Gasteiger partial charge in [0.1, 0.15) is 0 Å². The van der Waals surface area contributed by atoms with Crippen molar-refractivity contribution in [2.24, 2.45) is 0 Å². The fourth-order valence-corrected chi connectivity index (χ4v) is 2.90. The van der Waals surface area contributed by atoms with Crippen molar-refractivity contribution in [3.63, 3.8) is 0 Å². The lowest BCUT2D eigenvalue weighted by molar-refractivity contribution is 0.112. The number of benzene rings is 1. The van der Waals surface area contributed by atoms with Gasteiger partial charge in [-0.05, 0) is 18.4 Å². The van der Waals surface area contributed by atoms with Gasteiger partial charge in [-0.2, -0.15) is 0 Å². The summed E-state index contributed by atoms with van der Waals surface area (Å²) in [6, 6.07) is 9.56. The number of aromatic nitrogens is 3. The van der Waals surface area contributed by atoms with Crippen molar-refractivity contribution in [3.8, 4) is 5.95 Å². The van der Waals surface area contributed by atoms with E-state index in [0.717, 1.165) is 22.2 Å². The molecule has 3 rings (SSSR count). The molecule has 0 fully saturated rings. The Balaban J connectivity index is 2.43. The lowest BCUT2D eigenvalue weighted by atomic mass is 10.2. The second-order valence-corrected chi connectivity index (χ2v) is 4.74. The first-order chi connectivity index (χ1) is 9.36. The van der Waals surface area contributed by atoms with Crippen molar-refractivity contribution < 1.29 is 4.79 Å². The van der Waals surface area contributed by atoms with E-state index >= 15 is 0 Å². The van der Waals surface area contributed by atoms with E-state index in [0.29, 0.717) is 11.5 Å². The molecule has 94 valence electrons. The van der Waals surface area contributed by atoms with Gasteiger partial charge in [-0.3, -0.25) is 9.36 Å². The maximum Gasteiger partial charge on any atom is 0.234 e. The van der Waals surface area contributed by atoms with Crippen molar-refractivity contribution in [1.82, 2.24) is 14.5 Å². The second-order valence-electron chi connectivity index (χ2n) is 3.94. The largest absolute Gasteiger partial charge is 0.298 e. The summed E-state index contributed by atoms with van der Waals surface area (Å²) in [4.78, 5) is 19.9. The highest BCUT2D eigenvalue weighted by molar-refractivity contribution is 7.98. The van der Waals surface area contributed by atoms with Crippen molar-refractivity contribution in [2.75, 3.05) is 6.26 Å². The normalized spacial score (nSPS) is 10.8. The predicted octanol–water partition coefficient (Wildman–Crippen LogP) is 2.95. The fourth-order valence-electron chi connectivity index (χ4n) is 2.16. The minimum atomic E-state index is 0.580. The molecule has 19 heavy (non-hydrogen) atoms. The van der Waals surface area contributed by atoms with Crippen molar-refractivity contribution >= 4 is 29.0 Å². The summed E-state index contributed by atoms with van der Waals surface area (Å²) in [6.45, 7) is 0. The maximum atomic E-state index is 11.4. The van der Waals surface area contributed by atoms with E-state index < -0.39 is 0 Å². The third-order valence-corrected chi connectivity index (χ3v) is 3.72. The van der Waals surface area contributed by atoms with E-state index in [1.165, 1.54) is 11.8 Å². The Hall–Kier alpha value is -2.14. The zero-order valence-corrected chi connectivity index (χ0v) is 11.1. The second kappa shape index (κ2) is 4.85. The van der Waals surface area contributed by atoms with Gasteiger partial charge in [-0.1, -0.05) is 18.2 Å². The van der Waals surface area contributed by atoms with Crippen LogP contribution in [0.25, 0.3) is 16.9 Å². The van der Waals surface area contributed by atoms with E-state index in [-0.39, 0.29) is 0 Å². The van der Waals surface area contributed by atoms with Crippen LogP contribution >= 0.6 is 11.8 Å². The van der Waals surface area contributed by atoms with Crippen LogP contribution in [0, 0.1) is 0 Å². The highest BCUT2D eigenvalue weighted by Crippen LogP contribution is 2.32. The molecule has 2 aromatic heterocycles. The molecule has 3 aromatic rings. The summed E-state index contributed by atoms with van der Waals surface area (Å²) in [7, 11) is 0. The number of hydrogen-bond donors (Lipinski definition) is 0. The maximum absolute atomic E-state index is 11.4. The lowest BCUT2D eigenvalue weighted by Crippen LogP contribution is -2.01. The van der Waals surface area contributed by atoms with E-state index in [1.54, 1.807) is 18.5 Å². The van der Waals surface area contributed by atoms with Gasteiger partial charge in [-0.15, -0.1) is 11.8 Å². The molecule has 0 saturated carbocycles. The summed E-state index contributed by atoms with van der Waals surface area (Å²) < 4.78 is 1.92. The number of carbonyl (C=O) groups is 1. The van der Waals surface area contributed by atoms with Crippen LogP contribution in [0.1, 0.15) is 10.4 Å². The van der Waals surface area contributed by atoms with Gasteiger partial charge in [0.25, 0.3) is 0 Å². The molecule has 0 aliphatic heterocycles. The van der Waals surface area contributed by atoms with Crippen LogP contribution in [-0.4, -0.2) is 27.1 Å². The number of fused-ring (bicyclic) bond motifs is 1. The van der Waals surface area contributed by atoms with Crippen LogP contribution in [0.5, 0.6) is 0 Å². The topological polar surface area (TPSA) is 47.8 Å². The van der Waals surface area contributed by atoms with Gasteiger partial charge in [-0.25, -0.2) is 9.97 Å². The van der Waals surface area contributed by atoms with Gasteiger partial charge in [0.15, 0.2) is 6.29 Å². The molecule has 1 aromatic carbocycles. The summed E-state index contributed by atoms with van der Waals surface area (Å²) in [6.07, 6.45) is 6.23. The molecule has 0 amide bonds. The van der Waals surface area contributed by atoms with Gasteiger partial charge < -0.3 is 0 Å². The van der Waals surface area contributed by atoms with Crippen LogP contribution in [-0.2, 0) is 0 Å². The third kappa shape index (κ3) is 1.82. The molecule has 0 atom stereocenters. The summed E-state index contributed by atoms with van der Waals surface area (Å²) in [5, 5.41) is 1.79. The Morgan fingerprint density at radius 3 is 2.58 bits per heavy atom. The number of rotatable bonds is 3. The van der Waals surface area contributed by atoms with Crippen LogP contribution in [0.15, 0.2) is 47.8 Å². The Morgan fingerprint density at radius 1 is 1.16 bits per heavy atom. The number of para-hydroxylation sites is 1. The van der Waals surface area contributed by atoms with Gasteiger partial charge in [0, 0.05) is 17.8 Å². The zero-order valence-electron chi connectivity index (χ0n) is 10.3. The number of thioether (sulfide) groups is 1. The highest BCUT2D eigenvalue weighted by atomic mass is 32.2. The molecule has 0 spiro atoms. The monoisotopic (exact) mass is 269 g/mol. The van der Waals surface area contributed by atoms with Crippen LogP contribution in [0.4, 0.5) is 0 Å². The molecule has 0 saturated heterocycles. The van der Waals surface area contributed by atoms with Crippen molar-refractivity contribution in [2.45, 2.75) is 5.03 Å². The quantitative estimate of drug-likeness (QED) is 0.542. The fraction of sp³-hybridized carbons (Fsp3) is 0.0714. The molecule has 0 aliphatic carbocycles. The van der Waals surface area contributed by atoms with Gasteiger partial charge >= 0.3 is 0 Å². The molecule has 0 aliphatic rings. The van der Waals surface area contributed by atoms with E-state index in [9.17, 15) is 4.79 Å². The average Bonchev–Trinajstić information content (AvgIpc) is 2.81. The first kappa shape index (κ1) is 11.9. The third-order valence-electron chi connectivity index (χ3n) is 2.93. The summed E-state index contributed by atoms with van der Waals surface area (Å²) >= 11 is 1.52. The zero-order chi connectivity index (χ0) is 13.2. The Morgan fingerprint density at radius 2 is 1.89 bits per heavy atom. The molecule has 2 heterocycles. The predicted molar refractivity (Wildman–Crippen MR) is 76.0 cm³/mol. The first-order valence-corrected chi connectivity index (χ1v) is 6.99. The molecule has 4 nitrogen and oxygen atoms in total. The smallest absolute Gasteiger partial charge is 0.234 e. The van der Waals surface area contributed by atoms with Crippen molar-refractivity contribution in [1.29, 1.82) is 0 Å². The molecule has 5 heteroatoms. The van der Waals surface area contributed by atoms with E-state index in [1.807, 2.05) is 35.1 Å². The number of carbonyl (C=O) groups excluding carboxylic acids is 1. The first-order valence-electron chi connectivity index (χ1n) is 5.77. The SMILES string of the molecule is CSc1c(C=O)c2ccccc2n1-c1ncccn1. The van der Waals surface area contributed by atoms with E-state index in [2.05, 4.69) is 9.97 Å². The van der Waals surface area contributed by atoms with Crippen LogP contribution in [0.3, 0.4) is 0 Å². The van der Waals surface area contributed by atoms with Crippen LogP contribution in [0.2, 0.25) is 0 Å². The molecule has 0 N–H and O–H groups in total. The molecule has 0 radical (unpaired) electrons. The standard InChI is InChI=1S/C14H11N3OS/c1-19-13-11(9-18)10-5-2-3-6-12(10)17(13)14-15-7-4-8-16-14/h2-9H,1H3. The summed E-state index contributed by atoms with van der Waals surface area (Å²) in [5.41, 5.74) is 1.63.